The first-order valence-corrected chi connectivity index (χ1v) is 6.45. The van der Waals surface area contributed by atoms with Gasteiger partial charge in [0.05, 0.1) is 5.56 Å². The Hall–Kier alpha value is -0.620. The summed E-state index contributed by atoms with van der Waals surface area (Å²) in [6.45, 7) is 1.62. The standard InChI is InChI=1S/C12H14INO2/c13-11-4-2-1-3-10(11)12(16)14-6-5-9(7-14)8-15/h1-4,9,15H,5-8H2. The molecular formula is C12H14INO2. The number of likely N-dealkylation sites (tertiary alicyclic amines) is 1. The van der Waals surface area contributed by atoms with E-state index in [4.69, 9.17) is 5.11 Å². The Balaban J connectivity index is 2.12. The smallest absolute Gasteiger partial charge is 0.254 e. The molecule has 1 atom stereocenters. The Morgan fingerprint density at radius 3 is 2.88 bits per heavy atom. The number of aliphatic hydroxyl groups excluding tert-OH is 1. The van der Waals surface area contributed by atoms with Crippen molar-refractivity contribution in [2.45, 2.75) is 6.42 Å². The molecule has 16 heavy (non-hydrogen) atoms. The lowest BCUT2D eigenvalue weighted by Crippen LogP contribution is -2.29. The van der Waals surface area contributed by atoms with Crippen molar-refractivity contribution < 1.29 is 9.90 Å². The van der Waals surface area contributed by atoms with Gasteiger partial charge in [-0.1, -0.05) is 12.1 Å². The molecule has 1 aliphatic rings. The molecule has 4 heteroatoms. The van der Waals surface area contributed by atoms with Gasteiger partial charge in [-0.05, 0) is 41.1 Å². The molecule has 1 N–H and O–H groups in total. The van der Waals surface area contributed by atoms with Gasteiger partial charge in [0.15, 0.2) is 0 Å². The van der Waals surface area contributed by atoms with E-state index in [0.717, 1.165) is 22.1 Å². The number of amides is 1. The zero-order valence-electron chi connectivity index (χ0n) is 8.90. The number of carbonyl (C=O) groups excluding carboxylic acids is 1. The number of halogens is 1. The maximum absolute atomic E-state index is 12.2. The second kappa shape index (κ2) is 5.14. The van der Waals surface area contributed by atoms with E-state index in [1.807, 2.05) is 29.2 Å². The largest absolute Gasteiger partial charge is 0.396 e. The van der Waals surface area contributed by atoms with Crippen LogP contribution in [-0.2, 0) is 0 Å². The van der Waals surface area contributed by atoms with Gasteiger partial charge in [0.25, 0.3) is 5.91 Å². The van der Waals surface area contributed by atoms with E-state index >= 15 is 0 Å². The van der Waals surface area contributed by atoms with Gasteiger partial charge in [-0.25, -0.2) is 0 Å². The van der Waals surface area contributed by atoms with Gasteiger partial charge in [-0.2, -0.15) is 0 Å². The zero-order valence-corrected chi connectivity index (χ0v) is 11.1. The summed E-state index contributed by atoms with van der Waals surface area (Å²) in [6.07, 6.45) is 0.908. The van der Waals surface area contributed by atoms with Crippen LogP contribution in [-0.4, -0.2) is 35.6 Å². The zero-order chi connectivity index (χ0) is 11.5. The third kappa shape index (κ3) is 2.38. The normalized spacial score (nSPS) is 20.1. The van der Waals surface area contributed by atoms with Crippen molar-refractivity contribution in [1.82, 2.24) is 4.90 Å². The molecule has 1 heterocycles. The van der Waals surface area contributed by atoms with E-state index in [2.05, 4.69) is 22.6 Å². The quantitative estimate of drug-likeness (QED) is 0.839. The molecule has 3 nitrogen and oxygen atoms in total. The van der Waals surface area contributed by atoms with Crippen molar-refractivity contribution in [2.75, 3.05) is 19.7 Å². The number of hydrogen-bond donors (Lipinski definition) is 1. The fraction of sp³-hybridized carbons (Fsp3) is 0.417. The second-order valence-corrected chi connectivity index (χ2v) is 5.23. The fourth-order valence-corrected chi connectivity index (χ4v) is 2.59. The monoisotopic (exact) mass is 331 g/mol. The predicted molar refractivity (Wildman–Crippen MR) is 70.3 cm³/mol. The lowest BCUT2D eigenvalue weighted by molar-refractivity contribution is 0.0781. The summed E-state index contributed by atoms with van der Waals surface area (Å²) in [7, 11) is 0. The molecule has 0 radical (unpaired) electrons. The summed E-state index contributed by atoms with van der Waals surface area (Å²) in [4.78, 5) is 14.0. The fourth-order valence-electron chi connectivity index (χ4n) is 1.97. The van der Waals surface area contributed by atoms with Crippen molar-refractivity contribution >= 4 is 28.5 Å². The molecule has 2 rings (SSSR count). The van der Waals surface area contributed by atoms with Gasteiger partial charge < -0.3 is 10.0 Å². The van der Waals surface area contributed by atoms with E-state index in [1.165, 1.54) is 0 Å². The number of carbonyl (C=O) groups is 1. The van der Waals surface area contributed by atoms with Crippen molar-refractivity contribution in [3.05, 3.63) is 33.4 Å². The van der Waals surface area contributed by atoms with Gasteiger partial charge in [0.1, 0.15) is 0 Å². The SMILES string of the molecule is O=C(c1ccccc1I)N1CCC(CO)C1. The third-order valence-corrected chi connectivity index (χ3v) is 3.88. The molecule has 1 aliphatic heterocycles. The van der Waals surface area contributed by atoms with E-state index in [0.29, 0.717) is 6.54 Å². The minimum absolute atomic E-state index is 0.0842. The first-order valence-electron chi connectivity index (χ1n) is 5.37. The molecule has 0 spiro atoms. The molecule has 0 bridgehead atoms. The Kier molecular flexibility index (Phi) is 3.81. The van der Waals surface area contributed by atoms with Crippen molar-refractivity contribution in [3.63, 3.8) is 0 Å². The topological polar surface area (TPSA) is 40.5 Å². The Morgan fingerprint density at radius 2 is 2.25 bits per heavy atom. The molecule has 1 fully saturated rings. The van der Waals surface area contributed by atoms with E-state index in [1.54, 1.807) is 0 Å². The molecule has 1 amide bonds. The summed E-state index contributed by atoms with van der Waals surface area (Å²) in [6, 6.07) is 7.61. The van der Waals surface area contributed by atoms with Crippen LogP contribution in [0.15, 0.2) is 24.3 Å². The maximum atomic E-state index is 12.2. The van der Waals surface area contributed by atoms with Crippen LogP contribution in [0.3, 0.4) is 0 Å². The highest BCUT2D eigenvalue weighted by atomic mass is 127. The van der Waals surface area contributed by atoms with Crippen molar-refractivity contribution in [1.29, 1.82) is 0 Å². The number of rotatable bonds is 2. The van der Waals surface area contributed by atoms with Crippen LogP contribution >= 0.6 is 22.6 Å². The molecule has 1 aromatic rings. The average Bonchev–Trinajstić information content (AvgIpc) is 2.77. The molecule has 0 saturated carbocycles. The van der Waals surface area contributed by atoms with E-state index < -0.39 is 0 Å². The lowest BCUT2D eigenvalue weighted by atomic mass is 10.1. The highest BCUT2D eigenvalue weighted by molar-refractivity contribution is 14.1. The Morgan fingerprint density at radius 1 is 1.50 bits per heavy atom. The molecule has 1 unspecified atom stereocenters. The van der Waals surface area contributed by atoms with Gasteiger partial charge in [-0.3, -0.25) is 4.79 Å². The molecule has 86 valence electrons. The van der Waals surface area contributed by atoms with Crippen LogP contribution in [0.5, 0.6) is 0 Å². The molecule has 0 aliphatic carbocycles. The van der Waals surface area contributed by atoms with Crippen LogP contribution in [0.2, 0.25) is 0 Å². The van der Waals surface area contributed by atoms with Crippen LogP contribution in [0, 0.1) is 9.49 Å². The van der Waals surface area contributed by atoms with E-state index in [-0.39, 0.29) is 18.4 Å². The van der Waals surface area contributed by atoms with Gasteiger partial charge in [-0.15, -0.1) is 0 Å². The first kappa shape index (κ1) is 11.9. The molecule has 0 aromatic heterocycles. The van der Waals surface area contributed by atoms with Crippen molar-refractivity contribution in [2.24, 2.45) is 5.92 Å². The summed E-state index contributed by atoms with van der Waals surface area (Å²) in [5, 5.41) is 9.05. The van der Waals surface area contributed by atoms with Gasteiger partial charge >= 0.3 is 0 Å². The lowest BCUT2D eigenvalue weighted by Gasteiger charge is -2.16. The number of aliphatic hydroxyl groups is 1. The summed E-state index contributed by atoms with van der Waals surface area (Å²) in [5.74, 6) is 0.339. The average molecular weight is 331 g/mol. The van der Waals surface area contributed by atoms with Gasteiger partial charge in [0, 0.05) is 29.2 Å². The summed E-state index contributed by atoms with van der Waals surface area (Å²) < 4.78 is 0.984. The highest BCUT2D eigenvalue weighted by Crippen LogP contribution is 2.20. The third-order valence-electron chi connectivity index (χ3n) is 2.94. The number of nitrogens with zero attached hydrogens (tertiary/aromatic N) is 1. The Bertz CT molecular complexity index is 394. The van der Waals surface area contributed by atoms with Crippen LogP contribution in [0.1, 0.15) is 16.8 Å². The molecule has 1 aromatic carbocycles. The molecule has 1 saturated heterocycles. The van der Waals surface area contributed by atoms with Gasteiger partial charge in [0.2, 0.25) is 0 Å². The summed E-state index contributed by atoms with van der Waals surface area (Å²) in [5.41, 5.74) is 0.765. The first-order chi connectivity index (χ1) is 7.72. The van der Waals surface area contributed by atoms with Crippen LogP contribution < -0.4 is 0 Å². The van der Waals surface area contributed by atoms with E-state index in [9.17, 15) is 4.79 Å². The second-order valence-electron chi connectivity index (χ2n) is 4.07. The molecular weight excluding hydrogens is 317 g/mol. The van der Waals surface area contributed by atoms with Crippen LogP contribution in [0.25, 0.3) is 0 Å². The van der Waals surface area contributed by atoms with Crippen molar-refractivity contribution in [3.8, 4) is 0 Å². The highest BCUT2D eigenvalue weighted by Gasteiger charge is 2.26. The maximum Gasteiger partial charge on any atom is 0.254 e. The Labute approximate surface area is 109 Å². The minimum atomic E-state index is 0.0842. The minimum Gasteiger partial charge on any atom is -0.396 e. The summed E-state index contributed by atoms with van der Waals surface area (Å²) >= 11 is 2.18. The number of benzene rings is 1. The number of hydrogen-bond acceptors (Lipinski definition) is 2. The predicted octanol–water partition coefficient (Wildman–Crippen LogP) is 1.75. The van der Waals surface area contributed by atoms with Crippen LogP contribution in [0.4, 0.5) is 0 Å².